The minimum absolute atomic E-state index is 0.00316. The zero-order chi connectivity index (χ0) is 25.6. The fourth-order valence-corrected chi connectivity index (χ4v) is 9.28. The van der Waals surface area contributed by atoms with E-state index in [-0.39, 0.29) is 44.5 Å². The summed E-state index contributed by atoms with van der Waals surface area (Å²) in [5.74, 6) is 0.756. The zero-order valence-corrected chi connectivity index (χ0v) is 22.9. The quantitative estimate of drug-likeness (QED) is 0.327. The molecule has 0 aromatic heterocycles. The van der Waals surface area contributed by atoms with E-state index in [1.165, 1.54) is 29.5 Å². The topological polar surface area (TPSA) is 69.6 Å². The molecule has 0 aliphatic heterocycles. The summed E-state index contributed by atoms with van der Waals surface area (Å²) in [6.07, 6.45) is 10.9. The molecule has 3 N–H and O–H groups in total. The van der Waals surface area contributed by atoms with Gasteiger partial charge in [0.25, 0.3) is 0 Å². The molecule has 1 aromatic carbocycles. The maximum atomic E-state index is 13.2. The molecular formula is C31H45NO3. The highest BCUT2D eigenvalue weighted by atomic mass is 16.3. The van der Waals surface area contributed by atoms with Gasteiger partial charge in [0, 0.05) is 17.4 Å². The lowest BCUT2D eigenvalue weighted by Crippen LogP contribution is -2.63. The third kappa shape index (κ3) is 3.07. The molecule has 6 atom stereocenters. The highest BCUT2D eigenvalue weighted by Crippen LogP contribution is 2.74. The number of nitrogens with one attached hydrogen (secondary N) is 1. The van der Waals surface area contributed by atoms with Crippen molar-refractivity contribution in [1.82, 2.24) is 5.32 Å². The Bertz CT molecular complexity index is 1120. The minimum Gasteiger partial charge on any atom is -0.504 e. The minimum atomic E-state index is -0.295. The molecule has 1 amide bonds. The van der Waals surface area contributed by atoms with Crippen LogP contribution in [0.5, 0.6) is 11.5 Å². The lowest BCUT2D eigenvalue weighted by molar-refractivity contribution is -0.167. The van der Waals surface area contributed by atoms with Crippen molar-refractivity contribution < 1.29 is 15.0 Å². The summed E-state index contributed by atoms with van der Waals surface area (Å²) in [4.78, 5) is 13.2. The smallest absolute Gasteiger partial charge is 0.225 e. The molecule has 35 heavy (non-hydrogen) atoms. The number of allylic oxidation sites excluding steroid dienone is 2. The number of fused-ring (bicyclic) bond motifs is 7. The second-order valence-electron chi connectivity index (χ2n) is 13.6. The number of rotatable bonds is 2. The largest absolute Gasteiger partial charge is 0.504 e. The van der Waals surface area contributed by atoms with Crippen LogP contribution in [-0.4, -0.2) is 22.7 Å². The number of hydrogen-bond acceptors (Lipinski definition) is 3. The Labute approximate surface area is 211 Å². The van der Waals surface area contributed by atoms with Gasteiger partial charge in [-0.3, -0.25) is 4.79 Å². The van der Waals surface area contributed by atoms with Crippen LogP contribution in [0.3, 0.4) is 0 Å². The van der Waals surface area contributed by atoms with Crippen molar-refractivity contribution in [3.8, 4) is 11.5 Å². The summed E-state index contributed by atoms with van der Waals surface area (Å²) in [6, 6.07) is 1.84. The monoisotopic (exact) mass is 479 g/mol. The number of phenolic OH excluding ortho intramolecular Hbond substituents is 2. The molecule has 3 saturated carbocycles. The molecule has 1 aromatic rings. The maximum absolute atomic E-state index is 13.2. The summed E-state index contributed by atoms with van der Waals surface area (Å²) in [6.45, 7) is 16.8. The number of phenols is 2. The summed E-state index contributed by atoms with van der Waals surface area (Å²) in [5.41, 5.74) is 4.74. The average Bonchev–Trinajstić information content (AvgIpc) is 2.81. The Morgan fingerprint density at radius 3 is 2.40 bits per heavy atom. The fourth-order valence-electron chi connectivity index (χ4n) is 9.28. The van der Waals surface area contributed by atoms with Crippen LogP contribution in [0.1, 0.15) is 103 Å². The third-order valence-electron chi connectivity index (χ3n) is 11.9. The summed E-state index contributed by atoms with van der Waals surface area (Å²) >= 11 is 0. The molecule has 4 nitrogen and oxygen atoms in total. The van der Waals surface area contributed by atoms with E-state index >= 15 is 0 Å². The van der Waals surface area contributed by atoms with E-state index in [0.717, 1.165) is 44.1 Å². The standard InChI is InChI=1S/C31H45NO3/c1-8-32-26(35)28(4)12-11-27(3)13-15-30(6)23-10-9-20-19(2)25(34)22(33)17-21(20)29(23,5)14-16-31(30,7)24(27)18-28/h10,17,24,33-34H,8-9,11-16,18H2,1-7H3,(H,32,35). The Hall–Kier alpha value is -1.97. The van der Waals surface area contributed by atoms with E-state index in [2.05, 4.69) is 46.0 Å². The van der Waals surface area contributed by atoms with Crippen LogP contribution in [0.4, 0.5) is 0 Å². The first-order valence-electron chi connectivity index (χ1n) is 13.8. The van der Waals surface area contributed by atoms with Gasteiger partial charge in [-0.2, -0.15) is 0 Å². The van der Waals surface area contributed by atoms with Crippen molar-refractivity contribution in [2.75, 3.05) is 6.54 Å². The van der Waals surface area contributed by atoms with E-state index in [0.29, 0.717) is 12.5 Å². The second kappa shape index (κ2) is 7.52. The summed E-state index contributed by atoms with van der Waals surface area (Å²) in [5, 5.41) is 24.1. The molecule has 4 heteroatoms. The second-order valence-corrected chi connectivity index (χ2v) is 13.6. The van der Waals surface area contributed by atoms with E-state index in [9.17, 15) is 15.0 Å². The highest BCUT2D eigenvalue weighted by molar-refractivity contribution is 5.82. The Morgan fingerprint density at radius 1 is 1.03 bits per heavy atom. The summed E-state index contributed by atoms with van der Waals surface area (Å²) < 4.78 is 0. The normalized spacial score (nSPS) is 42.1. The van der Waals surface area contributed by atoms with Gasteiger partial charge in [-0.1, -0.05) is 46.3 Å². The van der Waals surface area contributed by atoms with Crippen LogP contribution < -0.4 is 5.32 Å². The van der Waals surface area contributed by atoms with Crippen LogP contribution >= 0.6 is 0 Å². The van der Waals surface area contributed by atoms with Gasteiger partial charge in [0.2, 0.25) is 5.91 Å². The molecule has 0 radical (unpaired) electrons. The van der Waals surface area contributed by atoms with Gasteiger partial charge < -0.3 is 15.5 Å². The molecule has 5 rings (SSSR count). The van der Waals surface area contributed by atoms with E-state index < -0.39 is 0 Å². The molecule has 0 bridgehead atoms. The fraction of sp³-hybridized carbons (Fsp3) is 0.710. The van der Waals surface area contributed by atoms with Crippen LogP contribution in [0.25, 0.3) is 0 Å². The molecule has 0 spiro atoms. The molecule has 0 saturated heterocycles. The Morgan fingerprint density at radius 2 is 1.71 bits per heavy atom. The third-order valence-corrected chi connectivity index (χ3v) is 11.9. The number of carbonyl (C=O) groups is 1. The van der Waals surface area contributed by atoms with Crippen LogP contribution in [-0.2, 0) is 16.6 Å². The Kier molecular flexibility index (Phi) is 5.31. The van der Waals surface area contributed by atoms with Gasteiger partial charge in [-0.15, -0.1) is 0 Å². The van der Waals surface area contributed by atoms with Crippen LogP contribution in [0.15, 0.2) is 17.7 Å². The predicted molar refractivity (Wildman–Crippen MR) is 141 cm³/mol. The number of aromatic hydroxyl groups is 2. The molecule has 6 unspecified atom stereocenters. The van der Waals surface area contributed by atoms with Crippen molar-refractivity contribution in [3.63, 3.8) is 0 Å². The molecule has 0 heterocycles. The average molecular weight is 480 g/mol. The van der Waals surface area contributed by atoms with Crippen molar-refractivity contribution >= 4 is 5.91 Å². The lowest BCUT2D eigenvalue weighted by Gasteiger charge is -2.70. The van der Waals surface area contributed by atoms with Crippen LogP contribution in [0.2, 0.25) is 0 Å². The molecule has 192 valence electrons. The van der Waals surface area contributed by atoms with Crippen molar-refractivity contribution in [2.24, 2.45) is 27.6 Å². The number of hydrogen-bond donors (Lipinski definition) is 3. The Balaban J connectivity index is 1.59. The maximum Gasteiger partial charge on any atom is 0.225 e. The van der Waals surface area contributed by atoms with Crippen LogP contribution in [0, 0.1) is 34.5 Å². The molecule has 4 aliphatic carbocycles. The summed E-state index contributed by atoms with van der Waals surface area (Å²) in [7, 11) is 0. The molecule has 3 fully saturated rings. The molecule has 4 aliphatic rings. The van der Waals surface area contributed by atoms with Gasteiger partial charge in [0.1, 0.15) is 0 Å². The van der Waals surface area contributed by atoms with E-state index in [1.54, 1.807) is 0 Å². The number of amides is 1. The number of benzene rings is 1. The van der Waals surface area contributed by atoms with Crippen molar-refractivity contribution in [1.29, 1.82) is 0 Å². The highest BCUT2D eigenvalue weighted by Gasteiger charge is 2.67. The lowest BCUT2D eigenvalue weighted by atomic mass is 9.34. The first-order valence-corrected chi connectivity index (χ1v) is 13.8. The predicted octanol–water partition coefficient (Wildman–Crippen LogP) is 6.70. The molecular weight excluding hydrogens is 434 g/mol. The van der Waals surface area contributed by atoms with E-state index in [4.69, 9.17) is 0 Å². The van der Waals surface area contributed by atoms with Gasteiger partial charge in [0.15, 0.2) is 11.5 Å². The number of carbonyl (C=O) groups excluding carboxylic acids is 1. The van der Waals surface area contributed by atoms with E-state index in [1.807, 2.05) is 19.9 Å². The van der Waals surface area contributed by atoms with Gasteiger partial charge >= 0.3 is 0 Å². The van der Waals surface area contributed by atoms with Gasteiger partial charge in [0.05, 0.1) is 0 Å². The van der Waals surface area contributed by atoms with Gasteiger partial charge in [-0.05, 0) is 110 Å². The van der Waals surface area contributed by atoms with Crippen molar-refractivity contribution in [2.45, 2.75) is 105 Å². The SMILES string of the molecule is CCNC(=O)C1(C)CCC2(C)CCC3(C)C4=CCc5c(cc(O)c(O)c5C)C4(C)CCC3(C)C2C1. The van der Waals surface area contributed by atoms with Crippen molar-refractivity contribution in [3.05, 3.63) is 34.4 Å². The van der Waals surface area contributed by atoms with Gasteiger partial charge in [-0.25, -0.2) is 0 Å². The first kappa shape index (κ1) is 24.7. The first-order chi connectivity index (χ1) is 16.3. The zero-order valence-electron chi connectivity index (χ0n) is 22.9.